The minimum atomic E-state index is 0. The van der Waals surface area contributed by atoms with Gasteiger partial charge in [-0.2, -0.15) is 0 Å². The standard InChI is InChI=1S/C14H19ClN2O.ClH/c1-10-9-11(15)4-6-13(10)17-14(18)7-5-12-3-2-8-16-12;/h4,6,9,12,16H,2-3,5,7-8H2,1H3,(H,17,18);1H. The number of aryl methyl sites for hydroxylation is 1. The predicted molar refractivity (Wildman–Crippen MR) is 82.3 cm³/mol. The van der Waals surface area contributed by atoms with E-state index in [9.17, 15) is 4.79 Å². The molecule has 1 aliphatic heterocycles. The second kappa shape index (κ2) is 7.73. The van der Waals surface area contributed by atoms with E-state index in [1.54, 1.807) is 6.07 Å². The summed E-state index contributed by atoms with van der Waals surface area (Å²) in [6, 6.07) is 6.02. The van der Waals surface area contributed by atoms with Crippen molar-refractivity contribution in [3.05, 3.63) is 28.8 Å². The normalized spacial score (nSPS) is 17.9. The highest BCUT2D eigenvalue weighted by molar-refractivity contribution is 6.30. The van der Waals surface area contributed by atoms with E-state index in [1.165, 1.54) is 12.8 Å². The zero-order valence-electron chi connectivity index (χ0n) is 11.0. The van der Waals surface area contributed by atoms with Gasteiger partial charge in [-0.1, -0.05) is 11.6 Å². The highest BCUT2D eigenvalue weighted by Gasteiger charge is 2.15. The first-order valence-electron chi connectivity index (χ1n) is 6.44. The first kappa shape index (κ1) is 16.3. The maximum Gasteiger partial charge on any atom is 0.224 e. The van der Waals surface area contributed by atoms with Crippen LogP contribution in [0, 0.1) is 6.92 Å². The first-order chi connectivity index (χ1) is 8.65. The quantitative estimate of drug-likeness (QED) is 0.893. The molecule has 106 valence electrons. The Bertz CT molecular complexity index is 431. The summed E-state index contributed by atoms with van der Waals surface area (Å²) in [7, 11) is 0. The van der Waals surface area contributed by atoms with Gasteiger partial charge in [-0.15, -0.1) is 12.4 Å². The molecule has 2 N–H and O–H groups in total. The second-order valence-electron chi connectivity index (χ2n) is 4.84. The molecule has 1 amide bonds. The molecular formula is C14H20Cl2N2O. The molecule has 1 fully saturated rings. The van der Waals surface area contributed by atoms with Crippen LogP contribution in [0.1, 0.15) is 31.2 Å². The zero-order valence-corrected chi connectivity index (χ0v) is 12.6. The second-order valence-corrected chi connectivity index (χ2v) is 5.28. The fourth-order valence-corrected chi connectivity index (χ4v) is 2.52. The SMILES string of the molecule is Cc1cc(Cl)ccc1NC(=O)CCC1CCCN1.Cl. The van der Waals surface area contributed by atoms with Crippen molar-refractivity contribution in [2.45, 2.75) is 38.6 Å². The zero-order chi connectivity index (χ0) is 13.0. The van der Waals surface area contributed by atoms with Gasteiger partial charge in [-0.05, 0) is 56.5 Å². The van der Waals surface area contributed by atoms with E-state index in [1.807, 2.05) is 19.1 Å². The van der Waals surface area contributed by atoms with Crippen LogP contribution in [-0.2, 0) is 4.79 Å². The lowest BCUT2D eigenvalue weighted by atomic mass is 10.1. The molecule has 1 aromatic rings. The van der Waals surface area contributed by atoms with Gasteiger partial charge in [0.05, 0.1) is 0 Å². The number of carbonyl (C=O) groups excluding carboxylic acids is 1. The summed E-state index contributed by atoms with van der Waals surface area (Å²) >= 11 is 5.88. The Morgan fingerprint density at radius 2 is 2.32 bits per heavy atom. The summed E-state index contributed by atoms with van der Waals surface area (Å²) in [5, 5.41) is 7.03. The van der Waals surface area contributed by atoms with Gasteiger partial charge in [-0.3, -0.25) is 4.79 Å². The summed E-state index contributed by atoms with van der Waals surface area (Å²) in [6.07, 6.45) is 3.90. The topological polar surface area (TPSA) is 41.1 Å². The lowest BCUT2D eigenvalue weighted by molar-refractivity contribution is -0.116. The lowest BCUT2D eigenvalue weighted by Gasteiger charge is -2.11. The Hall–Kier alpha value is -0.770. The third-order valence-electron chi connectivity index (χ3n) is 3.34. The van der Waals surface area contributed by atoms with Gasteiger partial charge in [0.2, 0.25) is 5.91 Å². The minimum absolute atomic E-state index is 0. The summed E-state index contributed by atoms with van der Waals surface area (Å²) in [5.41, 5.74) is 1.85. The fraction of sp³-hybridized carbons (Fsp3) is 0.500. The Morgan fingerprint density at radius 3 is 2.95 bits per heavy atom. The van der Waals surface area contributed by atoms with Gasteiger partial charge < -0.3 is 10.6 Å². The van der Waals surface area contributed by atoms with Crippen molar-refractivity contribution in [1.82, 2.24) is 5.32 Å². The molecule has 1 heterocycles. The number of nitrogens with one attached hydrogen (secondary N) is 2. The third-order valence-corrected chi connectivity index (χ3v) is 3.58. The van der Waals surface area contributed by atoms with E-state index >= 15 is 0 Å². The highest BCUT2D eigenvalue weighted by Crippen LogP contribution is 2.20. The monoisotopic (exact) mass is 302 g/mol. The van der Waals surface area contributed by atoms with E-state index < -0.39 is 0 Å². The van der Waals surface area contributed by atoms with Crippen molar-refractivity contribution in [3.8, 4) is 0 Å². The van der Waals surface area contributed by atoms with Crippen molar-refractivity contribution in [2.75, 3.05) is 11.9 Å². The molecule has 1 unspecified atom stereocenters. The van der Waals surface area contributed by atoms with E-state index in [2.05, 4.69) is 10.6 Å². The molecule has 0 aliphatic carbocycles. The van der Waals surface area contributed by atoms with E-state index in [0.717, 1.165) is 24.2 Å². The van der Waals surface area contributed by atoms with E-state index in [0.29, 0.717) is 17.5 Å². The fourth-order valence-electron chi connectivity index (χ4n) is 2.29. The molecule has 1 aromatic carbocycles. The van der Waals surface area contributed by atoms with Crippen molar-refractivity contribution >= 4 is 35.6 Å². The van der Waals surface area contributed by atoms with Crippen molar-refractivity contribution < 1.29 is 4.79 Å². The Morgan fingerprint density at radius 1 is 1.53 bits per heavy atom. The molecule has 2 rings (SSSR count). The van der Waals surface area contributed by atoms with Crippen LogP contribution in [0.2, 0.25) is 5.02 Å². The number of carbonyl (C=O) groups is 1. The van der Waals surface area contributed by atoms with Crippen LogP contribution in [0.15, 0.2) is 18.2 Å². The largest absolute Gasteiger partial charge is 0.326 e. The average molecular weight is 303 g/mol. The molecule has 0 saturated carbocycles. The Kier molecular flexibility index (Phi) is 6.63. The number of benzene rings is 1. The smallest absolute Gasteiger partial charge is 0.224 e. The molecule has 0 aromatic heterocycles. The molecule has 0 bridgehead atoms. The number of halogens is 2. The molecule has 1 saturated heterocycles. The van der Waals surface area contributed by atoms with Crippen LogP contribution in [0.3, 0.4) is 0 Å². The Labute approximate surface area is 125 Å². The first-order valence-corrected chi connectivity index (χ1v) is 6.82. The maximum atomic E-state index is 11.8. The minimum Gasteiger partial charge on any atom is -0.326 e. The van der Waals surface area contributed by atoms with Gasteiger partial charge in [0.15, 0.2) is 0 Å². The number of hydrogen-bond acceptors (Lipinski definition) is 2. The molecular weight excluding hydrogens is 283 g/mol. The Balaban J connectivity index is 0.00000180. The van der Waals surface area contributed by atoms with Crippen LogP contribution < -0.4 is 10.6 Å². The van der Waals surface area contributed by atoms with Crippen LogP contribution in [0.4, 0.5) is 5.69 Å². The molecule has 3 nitrogen and oxygen atoms in total. The van der Waals surface area contributed by atoms with Crippen LogP contribution in [-0.4, -0.2) is 18.5 Å². The average Bonchev–Trinajstić information content (AvgIpc) is 2.83. The van der Waals surface area contributed by atoms with Crippen molar-refractivity contribution in [1.29, 1.82) is 0 Å². The molecule has 0 spiro atoms. The van der Waals surface area contributed by atoms with Crippen LogP contribution >= 0.6 is 24.0 Å². The third kappa shape index (κ3) is 5.01. The lowest BCUT2D eigenvalue weighted by Crippen LogP contribution is -2.23. The molecule has 1 atom stereocenters. The number of amides is 1. The van der Waals surface area contributed by atoms with Gasteiger partial charge in [0.25, 0.3) is 0 Å². The van der Waals surface area contributed by atoms with Gasteiger partial charge in [-0.25, -0.2) is 0 Å². The van der Waals surface area contributed by atoms with E-state index in [4.69, 9.17) is 11.6 Å². The van der Waals surface area contributed by atoms with Gasteiger partial charge in [0, 0.05) is 23.2 Å². The highest BCUT2D eigenvalue weighted by atomic mass is 35.5. The predicted octanol–water partition coefficient (Wildman–Crippen LogP) is 3.54. The van der Waals surface area contributed by atoms with Gasteiger partial charge in [0.1, 0.15) is 0 Å². The van der Waals surface area contributed by atoms with Crippen molar-refractivity contribution in [3.63, 3.8) is 0 Å². The van der Waals surface area contributed by atoms with Crippen molar-refractivity contribution in [2.24, 2.45) is 0 Å². The molecule has 5 heteroatoms. The van der Waals surface area contributed by atoms with Crippen LogP contribution in [0.25, 0.3) is 0 Å². The molecule has 1 aliphatic rings. The van der Waals surface area contributed by atoms with E-state index in [-0.39, 0.29) is 18.3 Å². The summed E-state index contributed by atoms with van der Waals surface area (Å²) in [6.45, 7) is 3.03. The number of hydrogen-bond donors (Lipinski definition) is 2. The molecule has 19 heavy (non-hydrogen) atoms. The number of rotatable bonds is 4. The number of anilines is 1. The van der Waals surface area contributed by atoms with Gasteiger partial charge >= 0.3 is 0 Å². The molecule has 0 radical (unpaired) electrons. The maximum absolute atomic E-state index is 11.8. The summed E-state index contributed by atoms with van der Waals surface area (Å²) in [5.74, 6) is 0.0779. The summed E-state index contributed by atoms with van der Waals surface area (Å²) < 4.78 is 0. The summed E-state index contributed by atoms with van der Waals surface area (Å²) in [4.78, 5) is 11.8. The van der Waals surface area contributed by atoms with Crippen LogP contribution in [0.5, 0.6) is 0 Å².